The van der Waals surface area contributed by atoms with Crippen LogP contribution in [-0.4, -0.2) is 57.0 Å². The van der Waals surface area contributed by atoms with Gasteiger partial charge in [-0.3, -0.25) is 14.2 Å². The summed E-state index contributed by atoms with van der Waals surface area (Å²) in [6.45, 7) is 6.96. The fourth-order valence-corrected chi connectivity index (χ4v) is 6.10. The van der Waals surface area contributed by atoms with Gasteiger partial charge in [0.2, 0.25) is 5.91 Å². The van der Waals surface area contributed by atoms with E-state index in [9.17, 15) is 19.2 Å². The topological polar surface area (TPSA) is 155 Å². The van der Waals surface area contributed by atoms with Crippen molar-refractivity contribution in [3.8, 4) is 5.69 Å². The average molecular weight is 691 g/mol. The minimum absolute atomic E-state index is 0.0394. The van der Waals surface area contributed by atoms with Gasteiger partial charge in [0, 0.05) is 10.2 Å². The number of aromatic nitrogens is 3. The molecule has 43 heavy (non-hydrogen) atoms. The number of ether oxygens (including phenoxy) is 2. The van der Waals surface area contributed by atoms with E-state index >= 15 is 0 Å². The Bertz CT molecular complexity index is 1620. The summed E-state index contributed by atoms with van der Waals surface area (Å²) < 4.78 is 18.1. The lowest BCUT2D eigenvalue weighted by molar-refractivity contribution is -0.115. The van der Waals surface area contributed by atoms with Crippen LogP contribution in [0.1, 0.15) is 62.7 Å². The van der Waals surface area contributed by atoms with Gasteiger partial charge in [-0.15, -0.1) is 21.5 Å². The van der Waals surface area contributed by atoms with E-state index in [2.05, 4.69) is 36.8 Å². The first-order valence-electron chi connectivity index (χ1n) is 13.1. The Kier molecular flexibility index (Phi) is 10.8. The van der Waals surface area contributed by atoms with Gasteiger partial charge in [0.25, 0.3) is 5.91 Å². The number of hydrogen-bond acceptors (Lipinski definition) is 11. The third kappa shape index (κ3) is 7.53. The van der Waals surface area contributed by atoms with Crippen molar-refractivity contribution >= 4 is 67.8 Å². The molecule has 2 amide bonds. The molecular weight excluding hydrogens is 662 g/mol. The van der Waals surface area contributed by atoms with Crippen LogP contribution in [0.3, 0.4) is 0 Å². The first-order chi connectivity index (χ1) is 20.6. The molecule has 0 bridgehead atoms. The number of amides is 2. The summed E-state index contributed by atoms with van der Waals surface area (Å²) in [5.74, 6) is -1.51. The molecule has 4 rings (SSSR count). The maximum absolute atomic E-state index is 13.4. The summed E-state index contributed by atoms with van der Waals surface area (Å²) >= 11 is 5.51. The summed E-state index contributed by atoms with van der Waals surface area (Å²) in [5.41, 5.74) is 1.19. The molecule has 0 aliphatic heterocycles. The van der Waals surface area contributed by atoms with Crippen LogP contribution in [0.15, 0.2) is 56.7 Å². The number of benzene rings is 1. The highest BCUT2D eigenvalue weighted by atomic mass is 79.9. The zero-order valence-corrected chi connectivity index (χ0v) is 26.9. The van der Waals surface area contributed by atoms with Crippen molar-refractivity contribution in [1.82, 2.24) is 20.1 Å². The Morgan fingerprint density at radius 3 is 2.42 bits per heavy atom. The van der Waals surface area contributed by atoms with Crippen molar-refractivity contribution < 1.29 is 33.1 Å². The fraction of sp³-hybridized carbons (Fsp3) is 0.286. The molecule has 0 spiro atoms. The fourth-order valence-electron chi connectivity index (χ4n) is 3.86. The Morgan fingerprint density at radius 2 is 1.77 bits per heavy atom. The van der Waals surface area contributed by atoms with Crippen molar-refractivity contribution in [1.29, 1.82) is 0 Å². The van der Waals surface area contributed by atoms with Crippen molar-refractivity contribution in [2.75, 3.05) is 18.5 Å². The van der Waals surface area contributed by atoms with Gasteiger partial charge < -0.3 is 24.5 Å². The highest BCUT2D eigenvalue weighted by Gasteiger charge is 2.29. The van der Waals surface area contributed by atoms with Gasteiger partial charge >= 0.3 is 11.9 Å². The molecule has 1 atom stereocenters. The molecule has 1 unspecified atom stereocenters. The number of nitrogens with zero attached hydrogens (tertiary/aromatic N) is 3. The number of thioether (sulfide) groups is 1. The van der Waals surface area contributed by atoms with Crippen LogP contribution in [0, 0.1) is 6.92 Å². The lowest BCUT2D eigenvalue weighted by atomic mass is 10.1. The van der Waals surface area contributed by atoms with Crippen LogP contribution in [0.5, 0.6) is 0 Å². The van der Waals surface area contributed by atoms with E-state index in [0.717, 1.165) is 27.6 Å². The largest absolute Gasteiger partial charge is 0.462 e. The van der Waals surface area contributed by atoms with Crippen LogP contribution >= 0.6 is 39.0 Å². The van der Waals surface area contributed by atoms with Crippen molar-refractivity contribution in [3.63, 3.8) is 0 Å². The van der Waals surface area contributed by atoms with Gasteiger partial charge in [0.05, 0.1) is 36.8 Å². The predicted molar refractivity (Wildman–Crippen MR) is 164 cm³/mol. The zero-order chi connectivity index (χ0) is 31.1. The Morgan fingerprint density at radius 1 is 1.07 bits per heavy atom. The molecule has 0 aliphatic rings. The SMILES string of the molecule is CCOC(=O)c1sc(NC(=O)C(C)Sc2nnc(CNC(=O)c3ccco3)n2-c2ccc(Br)cc2)c(C(=O)OCC)c1C. The molecule has 0 saturated carbocycles. The normalized spacial score (nSPS) is 11.6. The van der Waals surface area contributed by atoms with E-state index in [1.807, 2.05) is 24.3 Å². The second-order valence-electron chi connectivity index (χ2n) is 8.82. The third-order valence-corrected chi connectivity index (χ3v) is 8.67. The van der Waals surface area contributed by atoms with E-state index in [1.54, 1.807) is 44.4 Å². The molecule has 3 heterocycles. The molecule has 0 radical (unpaired) electrons. The van der Waals surface area contributed by atoms with Gasteiger partial charge in [0.15, 0.2) is 16.7 Å². The Hall–Kier alpha value is -3.95. The quantitative estimate of drug-likeness (QED) is 0.146. The number of halogens is 1. The van der Waals surface area contributed by atoms with Gasteiger partial charge in [-0.1, -0.05) is 27.7 Å². The van der Waals surface area contributed by atoms with E-state index in [-0.39, 0.29) is 41.0 Å². The standard InChI is InChI=1S/C28H28BrN5O7S2/c1-5-39-26(37)21-15(3)22(27(38)40-6-2)43-25(21)31-23(35)16(4)42-28-33-32-20(14-30-24(36)19-8-7-13-41-19)34(28)18-11-9-17(29)10-12-18/h7-13,16H,5-6,14H2,1-4H3,(H,30,36)(H,31,35). The number of nitrogens with one attached hydrogen (secondary N) is 2. The molecule has 1 aromatic carbocycles. The number of furan rings is 1. The monoisotopic (exact) mass is 689 g/mol. The van der Waals surface area contributed by atoms with E-state index < -0.39 is 29.0 Å². The van der Waals surface area contributed by atoms with Crippen LogP contribution < -0.4 is 10.6 Å². The maximum atomic E-state index is 13.4. The number of carbonyl (C=O) groups is 4. The summed E-state index contributed by atoms with van der Waals surface area (Å²) in [7, 11) is 0. The smallest absolute Gasteiger partial charge is 0.348 e. The first kappa shape index (κ1) is 32.0. The molecule has 226 valence electrons. The first-order valence-corrected chi connectivity index (χ1v) is 15.6. The molecule has 3 aromatic heterocycles. The molecule has 2 N–H and O–H groups in total. The average Bonchev–Trinajstić information content (AvgIpc) is 3.72. The van der Waals surface area contributed by atoms with Gasteiger partial charge in [-0.25, -0.2) is 9.59 Å². The molecule has 12 nitrogen and oxygen atoms in total. The summed E-state index contributed by atoms with van der Waals surface area (Å²) in [6, 6.07) is 10.6. The number of thiophene rings is 1. The number of hydrogen-bond donors (Lipinski definition) is 2. The van der Waals surface area contributed by atoms with Gasteiger partial charge in [-0.2, -0.15) is 0 Å². The maximum Gasteiger partial charge on any atom is 0.348 e. The second-order valence-corrected chi connectivity index (χ2v) is 12.1. The van der Waals surface area contributed by atoms with Crippen LogP contribution in [0.4, 0.5) is 5.00 Å². The van der Waals surface area contributed by atoms with E-state index in [4.69, 9.17) is 13.9 Å². The Labute approximate surface area is 263 Å². The van der Waals surface area contributed by atoms with Gasteiger partial charge in [-0.05, 0) is 69.7 Å². The molecule has 4 aromatic rings. The molecule has 0 fully saturated rings. The number of anilines is 1. The minimum atomic E-state index is -0.715. The van der Waals surface area contributed by atoms with Crippen molar-refractivity contribution in [2.24, 2.45) is 0 Å². The highest BCUT2D eigenvalue weighted by Crippen LogP contribution is 2.35. The number of carbonyl (C=O) groups excluding carboxylic acids is 4. The lowest BCUT2D eigenvalue weighted by Crippen LogP contribution is -2.25. The summed E-state index contributed by atoms with van der Waals surface area (Å²) in [5, 5.41) is 14.0. The summed E-state index contributed by atoms with van der Waals surface area (Å²) in [4.78, 5) is 51.3. The zero-order valence-electron chi connectivity index (χ0n) is 23.6. The number of rotatable bonds is 12. The van der Waals surface area contributed by atoms with Crippen molar-refractivity contribution in [3.05, 3.63) is 74.7 Å². The van der Waals surface area contributed by atoms with Crippen LogP contribution in [-0.2, 0) is 20.8 Å². The second kappa shape index (κ2) is 14.5. The Balaban J connectivity index is 1.58. The third-order valence-electron chi connectivity index (χ3n) is 5.91. The van der Waals surface area contributed by atoms with Crippen molar-refractivity contribution in [2.45, 2.75) is 44.6 Å². The van der Waals surface area contributed by atoms with Crippen LogP contribution in [0.2, 0.25) is 0 Å². The highest BCUT2D eigenvalue weighted by molar-refractivity contribution is 9.10. The molecule has 0 saturated heterocycles. The molecular formula is C28H28BrN5O7S2. The molecule has 15 heteroatoms. The molecule has 0 aliphatic carbocycles. The summed E-state index contributed by atoms with van der Waals surface area (Å²) in [6.07, 6.45) is 1.41. The van der Waals surface area contributed by atoms with Crippen LogP contribution in [0.25, 0.3) is 5.69 Å². The lowest BCUT2D eigenvalue weighted by Gasteiger charge is -2.14. The van der Waals surface area contributed by atoms with Gasteiger partial charge in [0.1, 0.15) is 9.88 Å². The van der Waals surface area contributed by atoms with E-state index in [0.29, 0.717) is 22.2 Å². The van der Waals surface area contributed by atoms with E-state index in [1.165, 1.54) is 6.26 Å². The predicted octanol–water partition coefficient (Wildman–Crippen LogP) is 5.40. The minimum Gasteiger partial charge on any atom is -0.462 e. The number of esters is 2.